The summed E-state index contributed by atoms with van der Waals surface area (Å²) in [7, 11) is 1.26. The molecule has 22 heavy (non-hydrogen) atoms. The highest BCUT2D eigenvalue weighted by Gasteiger charge is 2.14. The topological polar surface area (TPSA) is 77.5 Å². The van der Waals surface area contributed by atoms with Crippen LogP contribution in [-0.2, 0) is 4.74 Å². The lowest BCUT2D eigenvalue weighted by Crippen LogP contribution is -2.16. The van der Waals surface area contributed by atoms with E-state index in [0.29, 0.717) is 18.0 Å². The summed E-state index contributed by atoms with van der Waals surface area (Å²) >= 11 is 0. The van der Waals surface area contributed by atoms with Gasteiger partial charge in [-0.25, -0.2) is 9.78 Å². The molecular weight excluding hydrogens is 284 g/mol. The predicted molar refractivity (Wildman–Crippen MR) is 81.1 cm³/mol. The van der Waals surface area contributed by atoms with Crippen LogP contribution in [0.2, 0.25) is 0 Å². The molecule has 0 radical (unpaired) electrons. The van der Waals surface area contributed by atoms with E-state index < -0.39 is 11.9 Å². The molecule has 0 spiro atoms. The number of ether oxygens (including phenoxy) is 2. The summed E-state index contributed by atoms with van der Waals surface area (Å²) in [5.41, 5.74) is 0.738. The number of anilines is 1. The Morgan fingerprint density at radius 3 is 2.55 bits per heavy atom. The van der Waals surface area contributed by atoms with Crippen LogP contribution in [-0.4, -0.2) is 30.6 Å². The lowest BCUT2D eigenvalue weighted by Gasteiger charge is -2.11. The number of esters is 1. The minimum atomic E-state index is -0.593. The Kier molecular flexibility index (Phi) is 5.08. The summed E-state index contributed by atoms with van der Waals surface area (Å²) < 4.78 is 10.0. The highest BCUT2D eigenvalue weighted by atomic mass is 16.5. The Hall–Kier alpha value is -2.89. The molecule has 0 aliphatic carbocycles. The van der Waals surface area contributed by atoms with E-state index in [2.05, 4.69) is 15.0 Å². The van der Waals surface area contributed by atoms with Crippen molar-refractivity contribution >= 4 is 17.6 Å². The molecule has 2 aromatic rings. The number of carbonyl (C=O) groups excluding carboxylic acids is 2. The van der Waals surface area contributed by atoms with Gasteiger partial charge in [0.05, 0.1) is 19.4 Å². The van der Waals surface area contributed by atoms with Crippen molar-refractivity contribution in [2.75, 3.05) is 19.0 Å². The van der Waals surface area contributed by atoms with Crippen molar-refractivity contribution in [2.24, 2.45) is 0 Å². The third kappa shape index (κ3) is 3.60. The normalized spacial score (nSPS) is 9.91. The fourth-order valence-electron chi connectivity index (χ4n) is 1.82. The Morgan fingerprint density at radius 1 is 1.09 bits per heavy atom. The SMILES string of the molecule is CCOc1ccccc1NC(=O)c1cccc(C(=O)OC)n1. The molecule has 0 saturated heterocycles. The summed E-state index contributed by atoms with van der Waals surface area (Å²) in [6, 6.07) is 11.7. The van der Waals surface area contributed by atoms with Crippen LogP contribution in [0.5, 0.6) is 5.75 Å². The van der Waals surface area contributed by atoms with Gasteiger partial charge in [0.2, 0.25) is 0 Å². The molecule has 0 aliphatic heterocycles. The van der Waals surface area contributed by atoms with Gasteiger partial charge in [-0.05, 0) is 31.2 Å². The fraction of sp³-hybridized carbons (Fsp3) is 0.188. The molecule has 0 unspecified atom stereocenters. The fourth-order valence-corrected chi connectivity index (χ4v) is 1.82. The van der Waals surface area contributed by atoms with E-state index in [4.69, 9.17) is 4.74 Å². The second-order valence-corrected chi connectivity index (χ2v) is 4.28. The number of hydrogen-bond donors (Lipinski definition) is 1. The van der Waals surface area contributed by atoms with Crippen molar-refractivity contribution in [1.29, 1.82) is 0 Å². The number of carbonyl (C=O) groups is 2. The van der Waals surface area contributed by atoms with Crippen molar-refractivity contribution in [1.82, 2.24) is 4.98 Å². The lowest BCUT2D eigenvalue weighted by atomic mass is 10.2. The van der Waals surface area contributed by atoms with Crippen LogP contribution < -0.4 is 10.1 Å². The maximum Gasteiger partial charge on any atom is 0.356 e. The van der Waals surface area contributed by atoms with Gasteiger partial charge in [-0.2, -0.15) is 0 Å². The zero-order valence-corrected chi connectivity index (χ0v) is 12.3. The molecule has 6 nitrogen and oxygen atoms in total. The Bertz CT molecular complexity index is 685. The zero-order valence-electron chi connectivity index (χ0n) is 12.3. The lowest BCUT2D eigenvalue weighted by molar-refractivity contribution is 0.0594. The van der Waals surface area contributed by atoms with E-state index in [9.17, 15) is 9.59 Å². The molecule has 0 aliphatic rings. The number of hydrogen-bond acceptors (Lipinski definition) is 5. The third-order valence-electron chi connectivity index (χ3n) is 2.81. The zero-order chi connectivity index (χ0) is 15.9. The number of nitrogens with one attached hydrogen (secondary N) is 1. The molecule has 6 heteroatoms. The minimum Gasteiger partial charge on any atom is -0.492 e. The quantitative estimate of drug-likeness (QED) is 0.858. The van der Waals surface area contributed by atoms with E-state index >= 15 is 0 Å². The molecule has 0 fully saturated rings. The molecular formula is C16H16N2O4. The first-order valence-electron chi connectivity index (χ1n) is 6.74. The third-order valence-corrected chi connectivity index (χ3v) is 2.81. The monoisotopic (exact) mass is 300 g/mol. The molecule has 2 rings (SSSR count). The number of rotatable bonds is 5. The molecule has 0 saturated carbocycles. The van der Waals surface area contributed by atoms with Crippen LogP contribution in [0.3, 0.4) is 0 Å². The van der Waals surface area contributed by atoms with Gasteiger partial charge in [-0.1, -0.05) is 18.2 Å². The molecule has 1 N–H and O–H groups in total. The van der Waals surface area contributed by atoms with Crippen molar-refractivity contribution in [3.8, 4) is 5.75 Å². The van der Waals surface area contributed by atoms with Gasteiger partial charge < -0.3 is 14.8 Å². The van der Waals surface area contributed by atoms with Crippen molar-refractivity contribution in [2.45, 2.75) is 6.92 Å². The smallest absolute Gasteiger partial charge is 0.356 e. The first kappa shape index (κ1) is 15.5. The van der Waals surface area contributed by atoms with Gasteiger partial charge in [-0.15, -0.1) is 0 Å². The summed E-state index contributed by atoms with van der Waals surface area (Å²) in [4.78, 5) is 27.7. The summed E-state index contributed by atoms with van der Waals surface area (Å²) in [6.45, 7) is 2.35. The molecule has 114 valence electrons. The second kappa shape index (κ2) is 7.21. The van der Waals surface area contributed by atoms with Gasteiger partial charge >= 0.3 is 5.97 Å². The molecule has 1 heterocycles. The van der Waals surface area contributed by atoms with Crippen LogP contribution >= 0.6 is 0 Å². The Balaban J connectivity index is 2.21. The molecule has 0 bridgehead atoms. The number of nitrogens with zero attached hydrogens (tertiary/aromatic N) is 1. The molecule has 1 aromatic heterocycles. The summed E-state index contributed by atoms with van der Waals surface area (Å²) in [6.07, 6.45) is 0. The van der Waals surface area contributed by atoms with E-state index in [1.54, 1.807) is 24.3 Å². The summed E-state index contributed by atoms with van der Waals surface area (Å²) in [5.74, 6) is -0.454. The molecule has 1 aromatic carbocycles. The number of methoxy groups -OCH3 is 1. The molecule has 0 atom stereocenters. The summed E-state index contributed by atoms with van der Waals surface area (Å²) in [5, 5.41) is 2.72. The van der Waals surface area contributed by atoms with Crippen molar-refractivity contribution in [3.63, 3.8) is 0 Å². The number of aromatic nitrogens is 1. The first-order valence-corrected chi connectivity index (χ1v) is 6.74. The van der Waals surface area contributed by atoms with Gasteiger partial charge in [0, 0.05) is 0 Å². The van der Waals surface area contributed by atoms with E-state index in [1.807, 2.05) is 13.0 Å². The van der Waals surface area contributed by atoms with Gasteiger partial charge in [0.1, 0.15) is 17.1 Å². The average Bonchev–Trinajstić information content (AvgIpc) is 2.56. The van der Waals surface area contributed by atoms with E-state index in [0.717, 1.165) is 0 Å². The van der Waals surface area contributed by atoms with E-state index in [1.165, 1.54) is 19.2 Å². The number of para-hydroxylation sites is 2. The van der Waals surface area contributed by atoms with E-state index in [-0.39, 0.29) is 11.4 Å². The largest absolute Gasteiger partial charge is 0.492 e. The highest BCUT2D eigenvalue weighted by molar-refractivity contribution is 6.04. The Morgan fingerprint density at radius 2 is 1.82 bits per heavy atom. The average molecular weight is 300 g/mol. The minimum absolute atomic E-state index is 0.0771. The predicted octanol–water partition coefficient (Wildman–Crippen LogP) is 2.52. The maximum absolute atomic E-state index is 12.3. The van der Waals surface area contributed by atoms with Crippen LogP contribution in [0.1, 0.15) is 27.9 Å². The van der Waals surface area contributed by atoms with Crippen molar-refractivity contribution < 1.29 is 19.1 Å². The van der Waals surface area contributed by atoms with Crippen LogP contribution in [0.15, 0.2) is 42.5 Å². The number of benzene rings is 1. The van der Waals surface area contributed by atoms with Crippen molar-refractivity contribution in [3.05, 3.63) is 53.9 Å². The van der Waals surface area contributed by atoms with Gasteiger partial charge in [0.15, 0.2) is 0 Å². The van der Waals surface area contributed by atoms with Crippen LogP contribution in [0.4, 0.5) is 5.69 Å². The van der Waals surface area contributed by atoms with Gasteiger partial charge in [0.25, 0.3) is 5.91 Å². The van der Waals surface area contributed by atoms with Crippen LogP contribution in [0, 0.1) is 0 Å². The highest BCUT2D eigenvalue weighted by Crippen LogP contribution is 2.24. The Labute approximate surface area is 128 Å². The number of pyridine rings is 1. The standard InChI is InChI=1S/C16H16N2O4/c1-3-22-14-10-5-4-7-11(14)18-15(19)12-8-6-9-13(17-12)16(20)21-2/h4-10H,3H2,1-2H3,(H,18,19). The molecule has 1 amide bonds. The van der Waals surface area contributed by atoms with Crippen LogP contribution in [0.25, 0.3) is 0 Å². The number of amides is 1. The maximum atomic E-state index is 12.3. The first-order chi connectivity index (χ1) is 10.7. The van der Waals surface area contributed by atoms with Gasteiger partial charge in [-0.3, -0.25) is 4.79 Å². The second-order valence-electron chi connectivity index (χ2n) is 4.28.